The molecule has 0 aromatic rings. The Bertz CT molecular complexity index is 1590. The third-order valence-corrected chi connectivity index (χ3v) is 14.9. The van der Waals surface area contributed by atoms with Crippen molar-refractivity contribution >= 4 is 19.8 Å². The fourth-order valence-corrected chi connectivity index (χ4v) is 9.68. The van der Waals surface area contributed by atoms with Crippen molar-refractivity contribution in [1.29, 1.82) is 0 Å². The summed E-state index contributed by atoms with van der Waals surface area (Å²) in [5.74, 6) is -0.866. The van der Waals surface area contributed by atoms with E-state index in [-0.39, 0.29) is 32.0 Å². The van der Waals surface area contributed by atoms with E-state index in [2.05, 4.69) is 98.9 Å². The highest BCUT2D eigenvalue weighted by molar-refractivity contribution is 7.45. The summed E-state index contributed by atoms with van der Waals surface area (Å²) >= 11 is 0. The summed E-state index contributed by atoms with van der Waals surface area (Å²) in [7, 11) is 1.14. The van der Waals surface area contributed by atoms with Gasteiger partial charge in [-0.2, -0.15) is 0 Å². The average molecular weight is 1110 g/mol. The Hall–Kier alpha value is -2.81. The highest BCUT2D eigenvalue weighted by atomic mass is 31.2. The Morgan fingerprint density at radius 2 is 0.731 bits per heavy atom. The summed E-state index contributed by atoms with van der Waals surface area (Å²) in [4.78, 5) is 37.9. The molecule has 78 heavy (non-hydrogen) atoms. The Morgan fingerprint density at radius 1 is 0.410 bits per heavy atom. The molecule has 0 aliphatic rings. The van der Waals surface area contributed by atoms with Crippen molar-refractivity contribution in [3.63, 3.8) is 0 Å². The molecule has 0 aromatic carbocycles. The first-order chi connectivity index (χ1) is 38.0. The van der Waals surface area contributed by atoms with Crippen LogP contribution in [0.4, 0.5) is 0 Å². The molecular formula is C68H122NO8P. The minimum absolute atomic E-state index is 0.0401. The summed E-state index contributed by atoms with van der Waals surface area (Å²) in [6.45, 7) is 4.09. The number of carbonyl (C=O) groups is 2. The van der Waals surface area contributed by atoms with Crippen molar-refractivity contribution in [3.8, 4) is 0 Å². The van der Waals surface area contributed by atoms with Crippen LogP contribution in [-0.4, -0.2) is 70.0 Å². The number of phosphoric ester groups is 1. The van der Waals surface area contributed by atoms with E-state index < -0.39 is 26.5 Å². The third kappa shape index (κ3) is 62.4. The average Bonchev–Trinajstić information content (AvgIpc) is 3.41. The van der Waals surface area contributed by atoms with E-state index in [9.17, 15) is 19.0 Å². The number of hydrogen-bond acceptors (Lipinski definition) is 8. The second kappa shape index (κ2) is 58.8. The van der Waals surface area contributed by atoms with Crippen LogP contribution in [0.3, 0.4) is 0 Å². The molecule has 0 fully saturated rings. The van der Waals surface area contributed by atoms with E-state index >= 15 is 0 Å². The molecule has 452 valence electrons. The van der Waals surface area contributed by atoms with E-state index in [0.717, 1.165) is 77.0 Å². The largest absolute Gasteiger partial charge is 0.756 e. The number of phosphoric acid groups is 1. The molecule has 2 unspecified atom stereocenters. The van der Waals surface area contributed by atoms with Crippen molar-refractivity contribution < 1.29 is 42.1 Å². The molecule has 0 aromatic heterocycles. The van der Waals surface area contributed by atoms with Crippen LogP contribution in [0, 0.1) is 0 Å². The number of rotatable bonds is 59. The molecule has 9 nitrogen and oxygen atoms in total. The van der Waals surface area contributed by atoms with Crippen LogP contribution in [0.5, 0.6) is 0 Å². The highest BCUT2D eigenvalue weighted by Crippen LogP contribution is 2.38. The first-order valence-electron chi connectivity index (χ1n) is 32.3. The number of hydrogen-bond donors (Lipinski definition) is 0. The van der Waals surface area contributed by atoms with Crippen molar-refractivity contribution in [2.75, 3.05) is 47.5 Å². The van der Waals surface area contributed by atoms with Crippen LogP contribution in [0.15, 0.2) is 85.1 Å². The minimum Gasteiger partial charge on any atom is -0.756 e. The van der Waals surface area contributed by atoms with Gasteiger partial charge >= 0.3 is 11.9 Å². The van der Waals surface area contributed by atoms with Crippen LogP contribution < -0.4 is 4.89 Å². The minimum atomic E-state index is -4.65. The molecule has 0 aliphatic heterocycles. The van der Waals surface area contributed by atoms with Gasteiger partial charge < -0.3 is 27.9 Å². The van der Waals surface area contributed by atoms with Crippen LogP contribution >= 0.6 is 7.82 Å². The van der Waals surface area contributed by atoms with Crippen LogP contribution in [-0.2, 0) is 32.7 Å². The summed E-state index contributed by atoms with van der Waals surface area (Å²) in [5.41, 5.74) is 0. The van der Waals surface area contributed by atoms with Gasteiger partial charge in [0.15, 0.2) is 6.10 Å². The van der Waals surface area contributed by atoms with Gasteiger partial charge in [0.2, 0.25) is 0 Å². The van der Waals surface area contributed by atoms with Gasteiger partial charge in [0, 0.05) is 12.8 Å². The molecule has 0 aliphatic carbocycles. The van der Waals surface area contributed by atoms with Crippen molar-refractivity contribution in [3.05, 3.63) is 85.1 Å². The standard InChI is InChI=1S/C68H122NO8P/c1-6-8-10-12-14-16-18-20-22-24-26-27-28-29-30-31-32-33-34-35-36-37-38-39-40-41-43-44-46-48-50-52-54-56-58-60-67(70)74-64-66(65-76-78(72,73)75-63-62-69(3,4)5)77-68(71)61-59-57-55-53-51-49-47-45-42-25-23-21-19-17-15-13-11-9-7-2/h9,11,15,17-18,20-21,23-24,26,42,45,49,51,66H,6-8,10,12-14,16,19,22,25,27-41,43-44,46-48,50,52-65H2,1-5H3/b11-9-,17-15-,20-18-,23-21-,26-24-,45-42-,51-49-. The molecule has 10 heteroatoms. The number of ether oxygens (including phenoxy) is 2. The zero-order valence-electron chi connectivity index (χ0n) is 51.3. The fraction of sp³-hybridized carbons (Fsp3) is 0.765. The monoisotopic (exact) mass is 1110 g/mol. The predicted octanol–water partition coefficient (Wildman–Crippen LogP) is 20.0. The lowest BCUT2D eigenvalue weighted by Crippen LogP contribution is -2.37. The van der Waals surface area contributed by atoms with Crippen LogP contribution in [0.1, 0.15) is 284 Å². The zero-order chi connectivity index (χ0) is 57.0. The second-order valence-corrected chi connectivity index (χ2v) is 24.2. The molecular weight excluding hydrogens is 990 g/mol. The van der Waals surface area contributed by atoms with Gasteiger partial charge in [-0.25, -0.2) is 0 Å². The van der Waals surface area contributed by atoms with Crippen LogP contribution in [0.25, 0.3) is 0 Å². The fourth-order valence-electron chi connectivity index (χ4n) is 8.95. The van der Waals surface area contributed by atoms with E-state index in [1.807, 2.05) is 21.1 Å². The first-order valence-corrected chi connectivity index (χ1v) is 33.8. The lowest BCUT2D eigenvalue weighted by Gasteiger charge is -2.28. The van der Waals surface area contributed by atoms with Gasteiger partial charge in [0.25, 0.3) is 7.82 Å². The molecule has 0 saturated carbocycles. The van der Waals surface area contributed by atoms with E-state index in [1.165, 1.54) is 173 Å². The molecule has 2 atom stereocenters. The molecule has 0 rings (SSSR count). The maximum absolute atomic E-state index is 12.8. The number of esters is 2. The number of carbonyl (C=O) groups excluding carboxylic acids is 2. The summed E-state index contributed by atoms with van der Waals surface area (Å²) < 4.78 is 34.2. The maximum Gasteiger partial charge on any atom is 0.306 e. The predicted molar refractivity (Wildman–Crippen MR) is 332 cm³/mol. The highest BCUT2D eigenvalue weighted by Gasteiger charge is 2.22. The van der Waals surface area contributed by atoms with Gasteiger partial charge in [0.05, 0.1) is 27.7 Å². The quantitative estimate of drug-likeness (QED) is 0.0195. The zero-order valence-corrected chi connectivity index (χ0v) is 52.2. The third-order valence-electron chi connectivity index (χ3n) is 13.9. The van der Waals surface area contributed by atoms with Gasteiger partial charge in [-0.3, -0.25) is 14.2 Å². The van der Waals surface area contributed by atoms with Crippen LogP contribution in [0.2, 0.25) is 0 Å². The van der Waals surface area contributed by atoms with Gasteiger partial charge in [-0.05, 0) is 89.9 Å². The Labute approximate surface area is 481 Å². The number of quaternary nitrogens is 1. The lowest BCUT2D eigenvalue weighted by molar-refractivity contribution is -0.870. The number of nitrogens with zero attached hydrogens (tertiary/aromatic N) is 1. The lowest BCUT2D eigenvalue weighted by atomic mass is 10.0. The van der Waals surface area contributed by atoms with Gasteiger partial charge in [-0.15, -0.1) is 0 Å². The van der Waals surface area contributed by atoms with Crippen molar-refractivity contribution in [2.45, 2.75) is 290 Å². The molecule has 0 spiro atoms. The normalized spacial score (nSPS) is 13.8. The van der Waals surface area contributed by atoms with E-state index in [4.69, 9.17) is 18.5 Å². The summed E-state index contributed by atoms with van der Waals surface area (Å²) in [6.07, 6.45) is 79.5. The maximum atomic E-state index is 12.8. The van der Waals surface area contributed by atoms with E-state index in [1.54, 1.807) is 0 Å². The molecule has 0 amide bonds. The topological polar surface area (TPSA) is 111 Å². The SMILES string of the molecule is CC/C=C\C/C=C\C/C=C\C/C=C\C/C=C\CCCCCC(=O)OC(COC(=O)CCCCCCCCCCCCCCCCCCCCCCCCC/C=C\C/C=C\CCCCCCC)COP(=O)([O-])OCC[N+](C)(C)C. The summed E-state index contributed by atoms with van der Waals surface area (Å²) in [5, 5.41) is 0. The Morgan fingerprint density at radius 3 is 1.10 bits per heavy atom. The van der Waals surface area contributed by atoms with Crippen molar-refractivity contribution in [2.24, 2.45) is 0 Å². The molecule has 0 bridgehead atoms. The summed E-state index contributed by atoms with van der Waals surface area (Å²) in [6, 6.07) is 0. The molecule has 0 saturated heterocycles. The second-order valence-electron chi connectivity index (χ2n) is 22.7. The van der Waals surface area contributed by atoms with Gasteiger partial charge in [0.1, 0.15) is 19.8 Å². The first kappa shape index (κ1) is 75.2. The Kier molecular flexibility index (Phi) is 56.7. The number of likely N-dealkylation sites (N-methyl/N-ethyl adjacent to an activating group) is 1. The van der Waals surface area contributed by atoms with Gasteiger partial charge in [-0.1, -0.05) is 266 Å². The Balaban J connectivity index is 4.02. The molecule has 0 radical (unpaired) electrons. The van der Waals surface area contributed by atoms with Crippen molar-refractivity contribution in [1.82, 2.24) is 0 Å². The smallest absolute Gasteiger partial charge is 0.306 e. The molecule has 0 N–H and O–H groups in total. The number of unbranched alkanes of at least 4 members (excludes halogenated alkanes) is 31. The van der Waals surface area contributed by atoms with E-state index in [0.29, 0.717) is 17.4 Å². The molecule has 0 heterocycles. The number of allylic oxidation sites excluding steroid dienone is 14.